The van der Waals surface area contributed by atoms with Crippen molar-refractivity contribution in [1.29, 1.82) is 0 Å². The molecule has 1 fully saturated rings. The molecule has 1 aliphatic carbocycles. The Kier molecular flexibility index (Phi) is 4.40. The molecule has 114 valence electrons. The number of hydrogen-bond donors (Lipinski definition) is 3. The minimum absolute atomic E-state index is 0.198. The summed E-state index contributed by atoms with van der Waals surface area (Å²) < 4.78 is 26.8. The van der Waals surface area contributed by atoms with Crippen LogP contribution in [0.1, 0.15) is 32.1 Å². The van der Waals surface area contributed by atoms with Crippen molar-refractivity contribution in [2.24, 2.45) is 16.3 Å². The number of rotatable bonds is 3. The van der Waals surface area contributed by atoms with Crippen LogP contribution in [-0.2, 0) is 4.79 Å². The topological polar surface area (TPSA) is 87.7 Å². The van der Waals surface area contributed by atoms with Gasteiger partial charge < -0.3 is 16.3 Å². The Hall–Kier alpha value is -2.18. The summed E-state index contributed by atoms with van der Waals surface area (Å²) in [5.74, 6) is -2.18. The first-order valence-corrected chi connectivity index (χ1v) is 6.74. The van der Waals surface area contributed by atoms with Crippen molar-refractivity contribution >= 4 is 17.4 Å². The second-order valence-corrected chi connectivity index (χ2v) is 5.21. The molecule has 1 aliphatic rings. The van der Waals surface area contributed by atoms with E-state index in [9.17, 15) is 13.6 Å². The van der Waals surface area contributed by atoms with Gasteiger partial charge in [-0.3, -0.25) is 4.79 Å². The number of oxime groups is 1. The Morgan fingerprint density at radius 2 is 1.95 bits per heavy atom. The maximum Gasteiger partial charge on any atom is 0.238 e. The van der Waals surface area contributed by atoms with E-state index >= 15 is 0 Å². The van der Waals surface area contributed by atoms with E-state index in [1.807, 2.05) is 0 Å². The van der Waals surface area contributed by atoms with Crippen LogP contribution in [0.5, 0.6) is 0 Å². The normalized spacial score (nSPS) is 18.3. The summed E-state index contributed by atoms with van der Waals surface area (Å²) in [6.07, 6.45) is 3.25. The van der Waals surface area contributed by atoms with Crippen LogP contribution >= 0.6 is 0 Å². The third-order valence-corrected chi connectivity index (χ3v) is 3.92. The number of nitrogens with one attached hydrogen (secondary N) is 1. The third kappa shape index (κ3) is 2.96. The highest BCUT2D eigenvalue weighted by molar-refractivity contribution is 6.11. The fraction of sp³-hybridized carbons (Fsp3) is 0.429. The zero-order valence-electron chi connectivity index (χ0n) is 11.4. The Morgan fingerprint density at radius 3 is 2.57 bits per heavy atom. The second kappa shape index (κ2) is 6.07. The molecule has 0 aromatic heterocycles. The molecule has 0 bridgehead atoms. The smallest absolute Gasteiger partial charge is 0.238 e. The van der Waals surface area contributed by atoms with Gasteiger partial charge in [0.15, 0.2) is 5.84 Å². The molecule has 0 heterocycles. The lowest BCUT2D eigenvalue weighted by Gasteiger charge is -2.34. The van der Waals surface area contributed by atoms with Crippen molar-refractivity contribution in [3.05, 3.63) is 29.8 Å². The summed E-state index contributed by atoms with van der Waals surface area (Å²) in [5.41, 5.74) is 4.25. The molecule has 0 unspecified atom stereocenters. The molecule has 21 heavy (non-hydrogen) atoms. The van der Waals surface area contributed by atoms with Crippen LogP contribution in [0, 0.1) is 17.0 Å². The molecule has 5 nitrogen and oxygen atoms in total. The number of halogens is 2. The summed E-state index contributed by atoms with van der Waals surface area (Å²) in [7, 11) is 0. The lowest BCUT2D eigenvalue weighted by atomic mass is 9.72. The zero-order chi connectivity index (χ0) is 15.5. The Bertz CT molecular complexity index is 569. The molecule has 0 atom stereocenters. The number of amidine groups is 1. The van der Waals surface area contributed by atoms with Crippen molar-refractivity contribution in [3.63, 3.8) is 0 Å². The number of amides is 1. The maximum absolute atomic E-state index is 13.6. The average molecular weight is 297 g/mol. The fourth-order valence-electron chi connectivity index (χ4n) is 2.69. The molecular weight excluding hydrogens is 280 g/mol. The summed E-state index contributed by atoms with van der Waals surface area (Å²) in [6, 6.07) is 2.79. The van der Waals surface area contributed by atoms with E-state index in [0.717, 1.165) is 37.5 Å². The Balaban J connectivity index is 2.29. The minimum Gasteiger partial charge on any atom is -0.409 e. The molecular formula is C14H17F2N3O2. The van der Waals surface area contributed by atoms with Gasteiger partial charge in [-0.25, -0.2) is 8.78 Å². The number of nitrogens with zero attached hydrogens (tertiary/aromatic N) is 1. The number of hydrogen-bond acceptors (Lipinski definition) is 3. The van der Waals surface area contributed by atoms with Gasteiger partial charge in [-0.05, 0) is 25.0 Å². The van der Waals surface area contributed by atoms with E-state index in [2.05, 4.69) is 10.5 Å². The molecule has 4 N–H and O–H groups in total. The molecule has 0 radical (unpaired) electrons. The van der Waals surface area contributed by atoms with Crippen LogP contribution < -0.4 is 11.1 Å². The van der Waals surface area contributed by atoms with Crippen molar-refractivity contribution < 1.29 is 18.8 Å². The molecule has 0 aliphatic heterocycles. The fourth-order valence-corrected chi connectivity index (χ4v) is 2.69. The predicted octanol–water partition coefficient (Wildman–Crippen LogP) is 2.60. The first-order chi connectivity index (χ1) is 9.99. The van der Waals surface area contributed by atoms with E-state index in [0.29, 0.717) is 12.8 Å². The van der Waals surface area contributed by atoms with Gasteiger partial charge in [-0.1, -0.05) is 24.4 Å². The van der Waals surface area contributed by atoms with Crippen molar-refractivity contribution in [1.82, 2.24) is 0 Å². The van der Waals surface area contributed by atoms with E-state index in [-0.39, 0.29) is 11.5 Å². The van der Waals surface area contributed by atoms with Crippen molar-refractivity contribution in [2.75, 3.05) is 5.32 Å². The number of nitrogens with two attached hydrogens (primary N) is 1. The van der Waals surface area contributed by atoms with Crippen LogP contribution in [0.3, 0.4) is 0 Å². The highest BCUT2D eigenvalue weighted by Gasteiger charge is 2.44. The van der Waals surface area contributed by atoms with Gasteiger partial charge in [-0.2, -0.15) is 0 Å². The van der Waals surface area contributed by atoms with Gasteiger partial charge in [0.1, 0.15) is 17.0 Å². The van der Waals surface area contributed by atoms with Gasteiger partial charge in [0, 0.05) is 6.07 Å². The summed E-state index contributed by atoms with van der Waals surface area (Å²) in [6.45, 7) is 0. The van der Waals surface area contributed by atoms with Gasteiger partial charge in [0.25, 0.3) is 0 Å². The molecule has 0 spiro atoms. The first-order valence-electron chi connectivity index (χ1n) is 6.74. The SMILES string of the molecule is NC(=NO)C1(C(=O)Nc2cc(F)ccc2F)CCCCC1. The Morgan fingerprint density at radius 1 is 1.29 bits per heavy atom. The van der Waals surface area contributed by atoms with Crippen LogP contribution in [-0.4, -0.2) is 17.0 Å². The van der Waals surface area contributed by atoms with E-state index in [1.165, 1.54) is 0 Å². The molecule has 0 saturated heterocycles. The van der Waals surface area contributed by atoms with Gasteiger partial charge in [0.05, 0.1) is 5.69 Å². The second-order valence-electron chi connectivity index (χ2n) is 5.21. The monoisotopic (exact) mass is 297 g/mol. The lowest BCUT2D eigenvalue weighted by molar-refractivity contribution is -0.123. The van der Waals surface area contributed by atoms with Crippen LogP contribution in [0.2, 0.25) is 0 Å². The standard InChI is InChI=1S/C14H17F2N3O2/c15-9-4-5-10(16)11(8-9)18-13(20)14(12(17)19-21)6-2-1-3-7-14/h4-5,8,21H,1-3,6-7H2,(H2,17,19)(H,18,20). The van der Waals surface area contributed by atoms with Gasteiger partial charge >= 0.3 is 0 Å². The van der Waals surface area contributed by atoms with E-state index < -0.39 is 23.0 Å². The number of benzene rings is 1. The van der Waals surface area contributed by atoms with Gasteiger partial charge in [-0.15, -0.1) is 0 Å². The van der Waals surface area contributed by atoms with Crippen molar-refractivity contribution in [3.8, 4) is 0 Å². The average Bonchev–Trinajstić information content (AvgIpc) is 2.50. The molecule has 1 amide bonds. The molecule has 1 aromatic carbocycles. The summed E-state index contributed by atoms with van der Waals surface area (Å²) >= 11 is 0. The Labute approximate surface area is 120 Å². The van der Waals surface area contributed by atoms with Gasteiger partial charge in [0.2, 0.25) is 5.91 Å². The first kappa shape index (κ1) is 15.2. The quantitative estimate of drug-likeness (QED) is 0.347. The number of carbonyl (C=O) groups is 1. The van der Waals surface area contributed by atoms with Crippen molar-refractivity contribution in [2.45, 2.75) is 32.1 Å². The number of carbonyl (C=O) groups excluding carboxylic acids is 1. The highest BCUT2D eigenvalue weighted by atomic mass is 19.1. The molecule has 2 rings (SSSR count). The van der Waals surface area contributed by atoms with Crippen LogP contribution in [0.4, 0.5) is 14.5 Å². The number of anilines is 1. The van der Waals surface area contributed by atoms with Crippen LogP contribution in [0.25, 0.3) is 0 Å². The van der Waals surface area contributed by atoms with E-state index in [1.54, 1.807) is 0 Å². The minimum atomic E-state index is -1.17. The summed E-state index contributed by atoms with van der Waals surface area (Å²) in [5, 5.41) is 14.2. The predicted molar refractivity (Wildman–Crippen MR) is 73.9 cm³/mol. The zero-order valence-corrected chi connectivity index (χ0v) is 11.4. The molecule has 7 heteroatoms. The molecule has 1 aromatic rings. The summed E-state index contributed by atoms with van der Waals surface area (Å²) in [4.78, 5) is 12.5. The van der Waals surface area contributed by atoms with E-state index in [4.69, 9.17) is 10.9 Å². The molecule has 1 saturated carbocycles. The largest absolute Gasteiger partial charge is 0.409 e. The third-order valence-electron chi connectivity index (χ3n) is 3.92. The lowest BCUT2D eigenvalue weighted by Crippen LogP contribution is -2.48. The maximum atomic E-state index is 13.6. The highest BCUT2D eigenvalue weighted by Crippen LogP contribution is 2.38. The van der Waals surface area contributed by atoms with Crippen LogP contribution in [0.15, 0.2) is 23.4 Å².